The van der Waals surface area contributed by atoms with Crippen molar-refractivity contribution < 1.29 is 27.1 Å². The van der Waals surface area contributed by atoms with Gasteiger partial charge in [0.1, 0.15) is 11.4 Å². The molecule has 3 fully saturated rings. The number of piperazine rings is 1. The Bertz CT molecular complexity index is 1220. The van der Waals surface area contributed by atoms with Crippen molar-refractivity contribution >= 4 is 27.6 Å². The van der Waals surface area contributed by atoms with Crippen molar-refractivity contribution in [2.24, 2.45) is 11.8 Å². The lowest BCUT2D eigenvalue weighted by molar-refractivity contribution is -0.126. The summed E-state index contributed by atoms with van der Waals surface area (Å²) in [5.41, 5.74) is 0.325. The van der Waals surface area contributed by atoms with Crippen LogP contribution in [0.4, 0.5) is 14.9 Å². The Morgan fingerprint density at radius 2 is 1.87 bits per heavy atom. The highest BCUT2D eigenvalue weighted by Gasteiger charge is 2.52. The number of amides is 1. The largest absolute Gasteiger partial charge is 0.444 e. The van der Waals surface area contributed by atoms with E-state index in [0.29, 0.717) is 37.4 Å². The molecular weight excluding hydrogens is 511 g/mol. The van der Waals surface area contributed by atoms with Gasteiger partial charge < -0.3 is 9.64 Å². The van der Waals surface area contributed by atoms with Crippen molar-refractivity contribution in [2.45, 2.75) is 70.6 Å². The van der Waals surface area contributed by atoms with Crippen molar-refractivity contribution in [2.75, 3.05) is 37.3 Å². The SMILES string of the molecule is CC(C)(C)OC(=O)N1[C@@H]2CC[C@@H](C2)[C@H]1C(=O)C[C@H](C#N)Cc1ccc(N2CCN(S(C)(=O)=O)CC2)cc1F. The summed E-state index contributed by atoms with van der Waals surface area (Å²) in [4.78, 5) is 29.8. The molecule has 0 unspecified atom stereocenters. The molecule has 1 saturated carbocycles. The van der Waals surface area contributed by atoms with Crippen LogP contribution in [0.5, 0.6) is 0 Å². The van der Waals surface area contributed by atoms with Gasteiger partial charge in [-0.3, -0.25) is 9.69 Å². The number of ether oxygens (including phenoxy) is 1. The smallest absolute Gasteiger partial charge is 0.411 e. The van der Waals surface area contributed by atoms with Gasteiger partial charge in [-0.05, 0) is 70.1 Å². The van der Waals surface area contributed by atoms with Crippen LogP contribution in [0.1, 0.15) is 52.0 Å². The Labute approximate surface area is 224 Å². The maximum absolute atomic E-state index is 15.1. The van der Waals surface area contributed by atoms with E-state index < -0.39 is 39.5 Å². The van der Waals surface area contributed by atoms with Crippen LogP contribution < -0.4 is 4.90 Å². The molecule has 0 aromatic heterocycles. The monoisotopic (exact) mass is 548 g/mol. The molecule has 38 heavy (non-hydrogen) atoms. The second-order valence-electron chi connectivity index (χ2n) is 11.7. The van der Waals surface area contributed by atoms with Gasteiger partial charge >= 0.3 is 6.09 Å². The standard InChI is InChI=1S/C27H37FN4O5S/c1-27(2,3)37-26(34)32-22-8-6-20(15-22)25(32)24(33)14-18(17-29)13-19-5-7-21(16-23(19)28)30-9-11-31(12-10-30)38(4,35)36/h5,7,16,18,20,22,25H,6,8-15H2,1-4H3/t18-,20+,22-,25+/m1/s1. The first-order chi connectivity index (χ1) is 17.8. The first-order valence-electron chi connectivity index (χ1n) is 13.2. The molecule has 1 aliphatic carbocycles. The summed E-state index contributed by atoms with van der Waals surface area (Å²) in [5.74, 6) is -1.29. The number of anilines is 1. The molecule has 11 heteroatoms. The number of hydrogen-bond donors (Lipinski definition) is 0. The summed E-state index contributed by atoms with van der Waals surface area (Å²) in [6.07, 6.45) is 3.20. The van der Waals surface area contributed by atoms with Crippen LogP contribution in [-0.4, -0.2) is 79.6 Å². The van der Waals surface area contributed by atoms with Crippen molar-refractivity contribution in [3.63, 3.8) is 0 Å². The number of ketones is 1. The minimum Gasteiger partial charge on any atom is -0.444 e. The first-order valence-corrected chi connectivity index (χ1v) is 15.0. The Morgan fingerprint density at radius 1 is 1.18 bits per heavy atom. The summed E-state index contributed by atoms with van der Waals surface area (Å²) in [5, 5.41) is 9.79. The molecule has 1 amide bonds. The van der Waals surface area contributed by atoms with Gasteiger partial charge in [-0.15, -0.1) is 0 Å². The summed E-state index contributed by atoms with van der Waals surface area (Å²) in [6, 6.07) is 6.35. The molecule has 2 bridgehead atoms. The third kappa shape index (κ3) is 6.29. The Morgan fingerprint density at radius 3 is 2.45 bits per heavy atom. The van der Waals surface area contributed by atoms with Gasteiger partial charge in [-0.2, -0.15) is 9.57 Å². The third-order valence-electron chi connectivity index (χ3n) is 7.73. The molecule has 2 saturated heterocycles. The highest BCUT2D eigenvalue weighted by Crippen LogP contribution is 2.44. The lowest BCUT2D eigenvalue weighted by Gasteiger charge is -2.36. The van der Waals surface area contributed by atoms with E-state index in [1.165, 1.54) is 16.6 Å². The predicted molar refractivity (Wildman–Crippen MR) is 140 cm³/mol. The maximum atomic E-state index is 15.1. The Kier molecular flexibility index (Phi) is 8.05. The molecule has 2 heterocycles. The second kappa shape index (κ2) is 10.8. The van der Waals surface area contributed by atoms with Gasteiger partial charge in [-0.1, -0.05) is 6.07 Å². The molecule has 9 nitrogen and oxygen atoms in total. The quantitative estimate of drug-likeness (QED) is 0.514. The number of nitriles is 1. The number of nitrogens with zero attached hydrogens (tertiary/aromatic N) is 4. The molecule has 208 valence electrons. The van der Waals surface area contributed by atoms with E-state index in [1.54, 1.807) is 37.8 Å². The number of Topliss-reactive ketones (excluding diaryl/α,β-unsaturated/α-hetero) is 1. The number of benzene rings is 1. The highest BCUT2D eigenvalue weighted by atomic mass is 32.2. The minimum absolute atomic E-state index is 0.0198. The van der Waals surface area contributed by atoms with E-state index in [1.807, 2.05) is 4.90 Å². The number of hydrogen-bond acceptors (Lipinski definition) is 7. The molecule has 0 radical (unpaired) electrons. The first kappa shape index (κ1) is 28.3. The van der Waals surface area contributed by atoms with Gasteiger partial charge in [0.05, 0.1) is 24.3 Å². The number of halogens is 1. The zero-order valence-electron chi connectivity index (χ0n) is 22.5. The second-order valence-corrected chi connectivity index (χ2v) is 13.7. The fraction of sp³-hybridized carbons (Fsp3) is 0.667. The average Bonchev–Trinajstić information content (AvgIpc) is 3.45. The molecule has 3 aliphatic rings. The number of piperidine rings is 1. The lowest BCUT2D eigenvalue weighted by Crippen LogP contribution is -2.51. The van der Waals surface area contributed by atoms with E-state index in [-0.39, 0.29) is 30.6 Å². The number of rotatable bonds is 7. The molecule has 0 spiro atoms. The predicted octanol–water partition coefficient (Wildman–Crippen LogP) is 3.34. The van der Waals surface area contributed by atoms with Crippen LogP contribution in [-0.2, 0) is 26.0 Å². The Balaban J connectivity index is 1.39. The molecular formula is C27H37FN4O5S. The summed E-state index contributed by atoms with van der Waals surface area (Å²) >= 11 is 0. The Hall–Kier alpha value is -2.71. The fourth-order valence-corrected chi connectivity index (χ4v) is 6.78. The van der Waals surface area contributed by atoms with Crippen molar-refractivity contribution in [1.29, 1.82) is 5.26 Å². The topological polar surface area (TPSA) is 111 Å². The zero-order valence-corrected chi connectivity index (χ0v) is 23.3. The van der Waals surface area contributed by atoms with Crippen LogP contribution in [0.25, 0.3) is 0 Å². The normalized spacial score (nSPS) is 24.8. The number of carbonyl (C=O) groups excluding carboxylic acids is 2. The van der Waals surface area contributed by atoms with E-state index in [2.05, 4.69) is 6.07 Å². The summed E-state index contributed by atoms with van der Waals surface area (Å²) in [7, 11) is -3.25. The molecule has 2 aliphatic heterocycles. The summed E-state index contributed by atoms with van der Waals surface area (Å²) < 4.78 is 45.5. The number of sulfonamides is 1. The lowest BCUT2D eigenvalue weighted by atomic mass is 9.88. The molecule has 1 aromatic rings. The van der Waals surface area contributed by atoms with Gasteiger partial charge in [0.2, 0.25) is 10.0 Å². The number of carbonyl (C=O) groups is 2. The van der Waals surface area contributed by atoms with Gasteiger partial charge in [0, 0.05) is 44.3 Å². The minimum atomic E-state index is -3.25. The number of fused-ring (bicyclic) bond motifs is 2. The van der Waals surface area contributed by atoms with Gasteiger partial charge in [0.25, 0.3) is 0 Å². The van der Waals surface area contributed by atoms with Crippen molar-refractivity contribution in [1.82, 2.24) is 9.21 Å². The van der Waals surface area contributed by atoms with Gasteiger partial charge in [0.15, 0.2) is 5.78 Å². The molecule has 4 atom stereocenters. The van der Waals surface area contributed by atoms with Crippen LogP contribution in [0.3, 0.4) is 0 Å². The van der Waals surface area contributed by atoms with Crippen LogP contribution >= 0.6 is 0 Å². The zero-order chi connectivity index (χ0) is 27.8. The fourth-order valence-electron chi connectivity index (χ4n) is 5.95. The van der Waals surface area contributed by atoms with Crippen LogP contribution in [0, 0.1) is 29.0 Å². The van der Waals surface area contributed by atoms with E-state index in [4.69, 9.17) is 4.74 Å². The van der Waals surface area contributed by atoms with E-state index >= 15 is 4.39 Å². The van der Waals surface area contributed by atoms with E-state index in [9.17, 15) is 23.3 Å². The van der Waals surface area contributed by atoms with Crippen molar-refractivity contribution in [3.8, 4) is 6.07 Å². The van der Waals surface area contributed by atoms with Crippen LogP contribution in [0.15, 0.2) is 18.2 Å². The van der Waals surface area contributed by atoms with Gasteiger partial charge in [-0.25, -0.2) is 17.6 Å². The molecule has 4 rings (SSSR count). The third-order valence-corrected chi connectivity index (χ3v) is 9.03. The number of likely N-dealkylation sites (tertiary alicyclic amines) is 1. The summed E-state index contributed by atoms with van der Waals surface area (Å²) in [6.45, 7) is 6.96. The highest BCUT2D eigenvalue weighted by molar-refractivity contribution is 7.88. The maximum Gasteiger partial charge on any atom is 0.411 e. The molecule has 0 N–H and O–H groups in total. The van der Waals surface area contributed by atoms with E-state index in [0.717, 1.165) is 19.3 Å². The molecule has 1 aromatic carbocycles. The average molecular weight is 549 g/mol. The van der Waals surface area contributed by atoms with Crippen LogP contribution in [0.2, 0.25) is 0 Å². The van der Waals surface area contributed by atoms with Crippen molar-refractivity contribution in [3.05, 3.63) is 29.6 Å².